The molecule has 1 aliphatic heterocycles. The predicted octanol–water partition coefficient (Wildman–Crippen LogP) is 3.80. The monoisotopic (exact) mass is 405 g/mol. The Hall–Kier alpha value is -1.69. The van der Waals surface area contributed by atoms with Gasteiger partial charge < -0.3 is 4.90 Å². The molecular weight excluding hydrogens is 389 g/mol. The number of nitrogens with zero attached hydrogens (tertiary/aromatic N) is 1. The van der Waals surface area contributed by atoms with Gasteiger partial charge in [0.2, 0.25) is 5.91 Å². The molecule has 0 aromatic heterocycles. The molecule has 1 aliphatic rings. The predicted molar refractivity (Wildman–Crippen MR) is 95.3 cm³/mol. The lowest BCUT2D eigenvalue weighted by atomic mass is 9.78. The number of anilines is 1. The number of ketones is 1. The summed E-state index contributed by atoms with van der Waals surface area (Å²) in [6.45, 7) is 1.87. The molecule has 1 atom stereocenters. The van der Waals surface area contributed by atoms with Gasteiger partial charge in [-0.15, -0.1) is 0 Å². The van der Waals surface area contributed by atoms with Crippen LogP contribution in [-0.4, -0.2) is 18.7 Å². The maximum Gasteiger partial charge on any atom is 0.237 e. The van der Waals surface area contributed by atoms with Crippen molar-refractivity contribution in [3.63, 3.8) is 0 Å². The topological polar surface area (TPSA) is 37.4 Å². The molecule has 2 aromatic rings. The summed E-state index contributed by atoms with van der Waals surface area (Å²) in [5.41, 5.74) is 1.70. The number of hydrogen-bond donors (Lipinski definition) is 0. The first-order chi connectivity index (χ1) is 10.4. The summed E-state index contributed by atoms with van der Waals surface area (Å²) < 4.78 is 1.07. The zero-order chi connectivity index (χ0) is 15.9. The van der Waals surface area contributed by atoms with Crippen molar-refractivity contribution in [3.8, 4) is 0 Å². The average Bonchev–Trinajstić information content (AvgIpc) is 2.70. The van der Waals surface area contributed by atoms with Gasteiger partial charge in [-0.25, -0.2) is 0 Å². The lowest BCUT2D eigenvalue weighted by Gasteiger charge is -2.22. The first kappa shape index (κ1) is 15.2. The minimum absolute atomic E-state index is 0.00318. The number of fused-ring (bicyclic) bond motifs is 1. The maximum atomic E-state index is 12.7. The quantitative estimate of drug-likeness (QED) is 0.576. The van der Waals surface area contributed by atoms with Gasteiger partial charge in [0.1, 0.15) is 0 Å². The largest absolute Gasteiger partial charge is 0.314 e. The number of benzene rings is 2. The van der Waals surface area contributed by atoms with Crippen LogP contribution in [0.3, 0.4) is 0 Å². The van der Waals surface area contributed by atoms with E-state index >= 15 is 0 Å². The Bertz CT molecular complexity index is 757. The number of carbonyl (C=O) groups is 2. The molecule has 0 radical (unpaired) electrons. The summed E-state index contributed by atoms with van der Waals surface area (Å²) in [6, 6.07) is 15.1. The fraction of sp³-hybridized carbons (Fsp3) is 0.222. The van der Waals surface area contributed by atoms with Crippen LogP contribution in [-0.2, 0) is 10.2 Å². The molecule has 0 bridgehead atoms. The molecule has 0 spiro atoms. The normalized spacial score (nSPS) is 20.1. The molecular formula is C18H16INO2. The van der Waals surface area contributed by atoms with E-state index in [2.05, 4.69) is 22.6 Å². The SMILES string of the molecule is CN1C(=O)C(C)(CC(=O)c2ccccc2)c2cc(I)ccc21. The third-order valence-electron chi connectivity index (χ3n) is 4.30. The van der Waals surface area contributed by atoms with Crippen molar-refractivity contribution in [2.45, 2.75) is 18.8 Å². The summed E-state index contributed by atoms with van der Waals surface area (Å²) in [5.74, 6) is -0.0228. The molecule has 0 saturated heterocycles. The number of carbonyl (C=O) groups excluding carboxylic acids is 2. The van der Waals surface area contributed by atoms with Crippen LogP contribution in [0.1, 0.15) is 29.3 Å². The zero-order valence-corrected chi connectivity index (χ0v) is 14.6. The molecule has 1 amide bonds. The lowest BCUT2D eigenvalue weighted by Crippen LogP contribution is -2.37. The van der Waals surface area contributed by atoms with Gasteiger partial charge >= 0.3 is 0 Å². The first-order valence-electron chi connectivity index (χ1n) is 7.10. The van der Waals surface area contributed by atoms with E-state index in [9.17, 15) is 9.59 Å². The fourth-order valence-electron chi connectivity index (χ4n) is 3.06. The Balaban J connectivity index is 2.01. The molecule has 1 heterocycles. The highest BCUT2D eigenvalue weighted by Crippen LogP contribution is 2.44. The van der Waals surface area contributed by atoms with E-state index in [-0.39, 0.29) is 18.1 Å². The number of amides is 1. The Morgan fingerprint density at radius 1 is 1.18 bits per heavy atom. The minimum Gasteiger partial charge on any atom is -0.314 e. The number of likely N-dealkylation sites (N-methyl/N-ethyl adjacent to an activating group) is 1. The van der Waals surface area contributed by atoms with Crippen LogP contribution in [0, 0.1) is 3.57 Å². The summed E-state index contributed by atoms with van der Waals surface area (Å²) in [7, 11) is 1.77. The maximum absolute atomic E-state index is 12.7. The van der Waals surface area contributed by atoms with Crippen LogP contribution in [0.4, 0.5) is 5.69 Å². The van der Waals surface area contributed by atoms with E-state index in [0.29, 0.717) is 5.56 Å². The molecule has 1 unspecified atom stereocenters. The van der Waals surface area contributed by atoms with Crippen molar-refractivity contribution in [1.29, 1.82) is 0 Å². The fourth-order valence-corrected chi connectivity index (χ4v) is 3.55. The van der Waals surface area contributed by atoms with Crippen LogP contribution in [0.5, 0.6) is 0 Å². The third kappa shape index (κ3) is 2.35. The minimum atomic E-state index is -0.793. The van der Waals surface area contributed by atoms with E-state index < -0.39 is 5.41 Å². The van der Waals surface area contributed by atoms with Gasteiger partial charge in [0, 0.05) is 28.3 Å². The van der Waals surface area contributed by atoms with Gasteiger partial charge in [0.05, 0.1) is 5.41 Å². The molecule has 0 aliphatic carbocycles. The number of halogens is 1. The van der Waals surface area contributed by atoms with Gasteiger partial charge in [-0.1, -0.05) is 30.3 Å². The number of rotatable bonds is 3. The number of Topliss-reactive ketones (excluding diaryl/α,β-unsaturated/α-hetero) is 1. The zero-order valence-electron chi connectivity index (χ0n) is 12.5. The van der Waals surface area contributed by atoms with Crippen molar-refractivity contribution < 1.29 is 9.59 Å². The van der Waals surface area contributed by atoms with Crippen LogP contribution in [0.15, 0.2) is 48.5 Å². The van der Waals surface area contributed by atoms with Crippen molar-refractivity contribution in [3.05, 3.63) is 63.2 Å². The third-order valence-corrected chi connectivity index (χ3v) is 4.97. The lowest BCUT2D eigenvalue weighted by molar-refractivity contribution is -0.122. The molecule has 22 heavy (non-hydrogen) atoms. The molecule has 0 saturated carbocycles. The van der Waals surface area contributed by atoms with Crippen molar-refractivity contribution >= 4 is 40.0 Å². The van der Waals surface area contributed by atoms with E-state index in [1.165, 1.54) is 0 Å². The van der Waals surface area contributed by atoms with Gasteiger partial charge in [-0.05, 0) is 53.3 Å². The molecule has 3 rings (SSSR count). The number of hydrogen-bond acceptors (Lipinski definition) is 2. The molecule has 4 heteroatoms. The second-order valence-corrected chi connectivity index (χ2v) is 7.07. The summed E-state index contributed by atoms with van der Waals surface area (Å²) >= 11 is 2.23. The van der Waals surface area contributed by atoms with Gasteiger partial charge in [-0.2, -0.15) is 0 Å². The molecule has 112 valence electrons. The van der Waals surface area contributed by atoms with Crippen LogP contribution < -0.4 is 4.90 Å². The Kier molecular flexibility index (Phi) is 3.80. The van der Waals surface area contributed by atoms with Crippen LogP contribution in [0.25, 0.3) is 0 Å². The Morgan fingerprint density at radius 2 is 1.86 bits per heavy atom. The first-order valence-corrected chi connectivity index (χ1v) is 8.18. The molecule has 3 nitrogen and oxygen atoms in total. The molecule has 0 fully saturated rings. The van der Waals surface area contributed by atoms with Gasteiger partial charge in [-0.3, -0.25) is 9.59 Å². The Labute approximate surface area is 143 Å². The van der Waals surface area contributed by atoms with E-state index in [1.807, 2.05) is 43.3 Å². The summed E-state index contributed by atoms with van der Waals surface area (Å²) in [6.07, 6.45) is 0.188. The second kappa shape index (κ2) is 5.50. The van der Waals surface area contributed by atoms with Crippen LogP contribution >= 0.6 is 22.6 Å². The van der Waals surface area contributed by atoms with Crippen molar-refractivity contribution in [2.24, 2.45) is 0 Å². The van der Waals surface area contributed by atoms with Crippen molar-refractivity contribution in [2.75, 3.05) is 11.9 Å². The van der Waals surface area contributed by atoms with Crippen LogP contribution in [0.2, 0.25) is 0 Å². The second-order valence-electron chi connectivity index (χ2n) is 5.82. The highest BCUT2D eigenvalue weighted by Gasteiger charge is 2.47. The van der Waals surface area contributed by atoms with Gasteiger partial charge in [0.25, 0.3) is 0 Å². The van der Waals surface area contributed by atoms with E-state index in [0.717, 1.165) is 14.8 Å². The summed E-state index contributed by atoms with van der Waals surface area (Å²) in [5, 5.41) is 0. The van der Waals surface area contributed by atoms with E-state index in [1.54, 1.807) is 24.1 Å². The van der Waals surface area contributed by atoms with E-state index in [4.69, 9.17) is 0 Å². The van der Waals surface area contributed by atoms with Gasteiger partial charge in [0.15, 0.2) is 5.78 Å². The molecule has 2 aromatic carbocycles. The molecule has 0 N–H and O–H groups in total. The Morgan fingerprint density at radius 3 is 2.55 bits per heavy atom. The summed E-state index contributed by atoms with van der Waals surface area (Å²) in [4.78, 5) is 27.0. The average molecular weight is 405 g/mol. The highest BCUT2D eigenvalue weighted by atomic mass is 127. The van der Waals surface area contributed by atoms with Crippen molar-refractivity contribution in [1.82, 2.24) is 0 Å². The standard InChI is InChI=1S/C18H16INO2/c1-18(11-16(21)12-6-4-3-5-7-12)14-10-13(19)8-9-15(14)20(2)17(18)22/h3-10H,11H2,1-2H3. The smallest absolute Gasteiger partial charge is 0.237 e. The highest BCUT2D eigenvalue weighted by molar-refractivity contribution is 14.1.